The lowest BCUT2D eigenvalue weighted by Gasteiger charge is -2.10. The lowest BCUT2D eigenvalue weighted by molar-refractivity contribution is 0.603. The average Bonchev–Trinajstić information content (AvgIpc) is 2.66. The Kier molecular flexibility index (Phi) is 5.01. The van der Waals surface area contributed by atoms with Crippen molar-refractivity contribution in [2.75, 3.05) is 4.72 Å². The molecule has 102 valence electrons. The minimum atomic E-state index is -3.67. The van der Waals surface area contributed by atoms with Crippen molar-refractivity contribution < 1.29 is 8.42 Å². The maximum atomic E-state index is 12.2. The maximum absolute atomic E-state index is 12.2. The molecule has 0 aliphatic heterocycles. The zero-order chi connectivity index (χ0) is 14.2. The topological polar surface area (TPSA) is 46.2 Å². The van der Waals surface area contributed by atoms with Gasteiger partial charge in [0.25, 0.3) is 10.0 Å². The molecular formula is C10H5Br3ClNO2S2. The van der Waals surface area contributed by atoms with Gasteiger partial charge < -0.3 is 0 Å². The zero-order valence-electron chi connectivity index (χ0n) is 8.95. The highest BCUT2D eigenvalue weighted by Gasteiger charge is 2.21. The van der Waals surface area contributed by atoms with Crippen molar-refractivity contribution in [2.45, 2.75) is 4.21 Å². The number of anilines is 1. The standard InChI is InChI=1S/C10H5Br3ClNO2S2/c11-5-2-1-3-6(12)9(5)15-19(16,17)8-4-7(14)10(13)18-8/h1-4,15H. The van der Waals surface area contributed by atoms with Gasteiger partial charge in [0.05, 0.1) is 14.5 Å². The molecule has 1 N–H and O–H groups in total. The highest BCUT2D eigenvalue weighted by molar-refractivity contribution is 9.11. The van der Waals surface area contributed by atoms with E-state index in [1.807, 2.05) is 0 Å². The number of para-hydroxylation sites is 1. The van der Waals surface area contributed by atoms with Crippen molar-refractivity contribution >= 4 is 86.4 Å². The van der Waals surface area contributed by atoms with Crippen molar-refractivity contribution in [1.29, 1.82) is 0 Å². The molecule has 19 heavy (non-hydrogen) atoms. The number of rotatable bonds is 3. The molecule has 9 heteroatoms. The van der Waals surface area contributed by atoms with Crippen LogP contribution < -0.4 is 4.72 Å². The lowest BCUT2D eigenvalue weighted by atomic mass is 10.3. The molecule has 0 radical (unpaired) electrons. The predicted molar refractivity (Wildman–Crippen MR) is 89.7 cm³/mol. The first-order chi connectivity index (χ1) is 8.81. The number of nitrogens with one attached hydrogen (secondary N) is 1. The molecule has 0 saturated carbocycles. The van der Waals surface area contributed by atoms with Crippen LogP contribution in [0.15, 0.2) is 41.2 Å². The van der Waals surface area contributed by atoms with Crippen LogP contribution in [-0.2, 0) is 10.0 Å². The first-order valence-corrected chi connectivity index (χ1v) is 9.78. The number of thiophene rings is 1. The van der Waals surface area contributed by atoms with Crippen molar-refractivity contribution in [1.82, 2.24) is 0 Å². The van der Waals surface area contributed by atoms with Crippen LogP contribution in [0, 0.1) is 0 Å². The van der Waals surface area contributed by atoms with Gasteiger partial charge >= 0.3 is 0 Å². The molecule has 0 atom stereocenters. The number of hydrogen-bond acceptors (Lipinski definition) is 3. The fraction of sp³-hybridized carbons (Fsp3) is 0. The Balaban J connectivity index is 2.42. The fourth-order valence-electron chi connectivity index (χ4n) is 1.24. The van der Waals surface area contributed by atoms with Crippen molar-refractivity contribution in [3.8, 4) is 0 Å². The third-order valence-electron chi connectivity index (χ3n) is 2.09. The normalized spacial score (nSPS) is 11.6. The summed E-state index contributed by atoms with van der Waals surface area (Å²) >= 11 is 16.7. The average molecular weight is 510 g/mol. The van der Waals surface area contributed by atoms with Crippen LogP contribution in [0.25, 0.3) is 0 Å². The number of sulfonamides is 1. The van der Waals surface area contributed by atoms with Gasteiger partial charge in [-0.3, -0.25) is 4.72 Å². The zero-order valence-corrected chi connectivity index (χ0v) is 16.1. The molecule has 0 aliphatic rings. The Morgan fingerprint density at radius 1 is 1.16 bits per heavy atom. The number of benzene rings is 1. The molecule has 0 amide bonds. The van der Waals surface area contributed by atoms with Crippen LogP contribution in [0.3, 0.4) is 0 Å². The summed E-state index contributed by atoms with van der Waals surface area (Å²) in [5.41, 5.74) is 0.447. The third-order valence-corrected chi connectivity index (χ3v) is 7.71. The van der Waals surface area contributed by atoms with Gasteiger partial charge in [0, 0.05) is 8.95 Å². The summed E-state index contributed by atoms with van der Waals surface area (Å²) in [7, 11) is -3.67. The van der Waals surface area contributed by atoms with Crippen LogP contribution in [0.1, 0.15) is 0 Å². The van der Waals surface area contributed by atoms with Gasteiger partial charge in [-0.05, 0) is 66.0 Å². The lowest BCUT2D eigenvalue weighted by Crippen LogP contribution is -2.12. The molecule has 0 saturated heterocycles. The molecule has 0 fully saturated rings. The van der Waals surface area contributed by atoms with E-state index in [1.165, 1.54) is 6.07 Å². The van der Waals surface area contributed by atoms with E-state index in [0.717, 1.165) is 11.3 Å². The summed E-state index contributed by atoms with van der Waals surface area (Å²) in [6.45, 7) is 0. The van der Waals surface area contributed by atoms with Gasteiger partial charge in [-0.25, -0.2) is 8.42 Å². The minimum absolute atomic E-state index is 0.145. The Labute approximate surface area is 144 Å². The monoisotopic (exact) mass is 507 g/mol. The van der Waals surface area contributed by atoms with E-state index in [0.29, 0.717) is 23.4 Å². The smallest absolute Gasteiger partial charge is 0.271 e. The molecule has 0 aliphatic carbocycles. The van der Waals surface area contributed by atoms with Gasteiger partial charge in [-0.1, -0.05) is 17.7 Å². The van der Waals surface area contributed by atoms with E-state index in [2.05, 4.69) is 52.5 Å². The third kappa shape index (κ3) is 3.54. The van der Waals surface area contributed by atoms with Gasteiger partial charge in [-0.2, -0.15) is 0 Å². The molecule has 1 aromatic carbocycles. The minimum Gasteiger partial charge on any atom is -0.277 e. The van der Waals surface area contributed by atoms with E-state index in [4.69, 9.17) is 11.6 Å². The number of hydrogen-bond donors (Lipinski definition) is 1. The quantitative estimate of drug-likeness (QED) is 0.594. The van der Waals surface area contributed by atoms with Crippen LogP contribution in [-0.4, -0.2) is 8.42 Å². The summed E-state index contributed by atoms with van der Waals surface area (Å²) in [5, 5.41) is 0.372. The first-order valence-electron chi connectivity index (χ1n) is 4.73. The van der Waals surface area contributed by atoms with E-state index in [1.54, 1.807) is 18.2 Å². The second-order valence-corrected chi connectivity index (χ2v) is 9.78. The fourth-order valence-corrected chi connectivity index (χ4v) is 6.20. The Hall–Kier alpha value is 0.400. The summed E-state index contributed by atoms with van der Waals surface area (Å²) in [5.74, 6) is 0. The highest BCUT2D eigenvalue weighted by Crippen LogP contribution is 2.37. The van der Waals surface area contributed by atoms with Gasteiger partial charge in [0.15, 0.2) is 0 Å². The molecule has 1 aromatic heterocycles. The molecule has 0 spiro atoms. The van der Waals surface area contributed by atoms with Crippen molar-refractivity contribution in [3.63, 3.8) is 0 Å². The highest BCUT2D eigenvalue weighted by atomic mass is 79.9. The van der Waals surface area contributed by atoms with Crippen LogP contribution >= 0.6 is 70.7 Å². The number of halogens is 4. The Morgan fingerprint density at radius 2 is 1.74 bits per heavy atom. The molecular weight excluding hydrogens is 505 g/mol. The molecule has 2 aromatic rings. The molecule has 1 heterocycles. The van der Waals surface area contributed by atoms with Crippen LogP contribution in [0.4, 0.5) is 5.69 Å². The SMILES string of the molecule is O=S(=O)(Nc1c(Br)cccc1Br)c1cc(Cl)c(Br)s1. The largest absolute Gasteiger partial charge is 0.277 e. The summed E-state index contributed by atoms with van der Waals surface area (Å²) < 4.78 is 29.0. The molecule has 0 bridgehead atoms. The van der Waals surface area contributed by atoms with E-state index >= 15 is 0 Å². The molecule has 3 nitrogen and oxygen atoms in total. The van der Waals surface area contributed by atoms with Crippen molar-refractivity contribution in [3.05, 3.63) is 42.0 Å². The Morgan fingerprint density at radius 3 is 2.21 bits per heavy atom. The van der Waals surface area contributed by atoms with Gasteiger partial charge in [-0.15, -0.1) is 11.3 Å². The van der Waals surface area contributed by atoms with E-state index in [-0.39, 0.29) is 4.21 Å². The van der Waals surface area contributed by atoms with Crippen molar-refractivity contribution in [2.24, 2.45) is 0 Å². The second-order valence-electron chi connectivity index (χ2n) is 3.39. The summed E-state index contributed by atoms with van der Waals surface area (Å²) in [4.78, 5) is 0. The second kappa shape index (κ2) is 6.03. The van der Waals surface area contributed by atoms with E-state index < -0.39 is 10.0 Å². The Bertz CT molecular complexity index is 691. The predicted octanol–water partition coefficient (Wildman–Crippen LogP) is 5.49. The maximum Gasteiger partial charge on any atom is 0.271 e. The van der Waals surface area contributed by atoms with Gasteiger partial charge in [0.1, 0.15) is 4.21 Å². The first kappa shape index (κ1) is 15.8. The van der Waals surface area contributed by atoms with Crippen LogP contribution in [0.2, 0.25) is 5.02 Å². The van der Waals surface area contributed by atoms with E-state index in [9.17, 15) is 8.42 Å². The molecule has 0 unspecified atom stereocenters. The molecule has 2 rings (SSSR count). The summed E-state index contributed by atoms with van der Waals surface area (Å²) in [6.07, 6.45) is 0. The van der Waals surface area contributed by atoms with Gasteiger partial charge in [0.2, 0.25) is 0 Å². The summed E-state index contributed by atoms with van der Waals surface area (Å²) in [6, 6.07) is 6.70. The van der Waals surface area contributed by atoms with Crippen LogP contribution in [0.5, 0.6) is 0 Å².